The summed E-state index contributed by atoms with van der Waals surface area (Å²) in [5, 5.41) is 20.0. The van der Waals surface area contributed by atoms with Gasteiger partial charge in [0, 0.05) is 5.02 Å². The molecule has 1 aliphatic rings. The van der Waals surface area contributed by atoms with Crippen molar-refractivity contribution < 1.29 is 5.11 Å². The van der Waals surface area contributed by atoms with Gasteiger partial charge in [-0.25, -0.2) is 4.68 Å². The third-order valence-electron chi connectivity index (χ3n) is 4.92. The zero-order chi connectivity index (χ0) is 16.5. The van der Waals surface area contributed by atoms with Crippen molar-refractivity contribution in [2.24, 2.45) is 0 Å². The zero-order valence-electron chi connectivity index (χ0n) is 13.4. The summed E-state index contributed by atoms with van der Waals surface area (Å²) in [6, 6.07) is 13.6. The van der Waals surface area contributed by atoms with E-state index in [4.69, 9.17) is 11.6 Å². The van der Waals surface area contributed by atoms with E-state index in [1.54, 1.807) is 12.1 Å². The second-order valence-electron chi connectivity index (χ2n) is 6.53. The van der Waals surface area contributed by atoms with Crippen molar-refractivity contribution in [2.75, 3.05) is 0 Å². The summed E-state index contributed by atoms with van der Waals surface area (Å²) in [5.41, 5.74) is 3.57. The van der Waals surface area contributed by atoms with Crippen LogP contribution in [-0.4, -0.2) is 20.1 Å². The lowest BCUT2D eigenvalue weighted by molar-refractivity contribution is 0.220. The number of aliphatic hydroxyl groups is 1. The van der Waals surface area contributed by atoms with Crippen molar-refractivity contribution in [1.82, 2.24) is 15.0 Å². The average Bonchev–Trinajstić information content (AvgIpc) is 3.05. The van der Waals surface area contributed by atoms with Crippen LogP contribution in [0.25, 0.3) is 11.0 Å². The summed E-state index contributed by atoms with van der Waals surface area (Å²) >= 11 is 5.93. The van der Waals surface area contributed by atoms with E-state index in [0.717, 1.165) is 35.0 Å². The molecule has 4 nitrogen and oxygen atoms in total. The summed E-state index contributed by atoms with van der Waals surface area (Å²) < 4.78 is 2.05. The molecule has 3 aromatic rings. The van der Waals surface area contributed by atoms with Gasteiger partial charge in [0.05, 0.1) is 11.6 Å². The molecule has 0 bridgehead atoms. The van der Waals surface area contributed by atoms with Crippen molar-refractivity contribution >= 4 is 22.6 Å². The first-order valence-corrected chi connectivity index (χ1v) is 8.88. The number of aromatic nitrogens is 3. The van der Waals surface area contributed by atoms with Crippen LogP contribution in [0, 0.1) is 0 Å². The van der Waals surface area contributed by atoms with E-state index >= 15 is 0 Å². The number of hydrogen-bond donors (Lipinski definition) is 1. The van der Waals surface area contributed by atoms with Gasteiger partial charge >= 0.3 is 0 Å². The second-order valence-corrected chi connectivity index (χ2v) is 6.96. The van der Waals surface area contributed by atoms with Gasteiger partial charge in [0.25, 0.3) is 0 Å². The topological polar surface area (TPSA) is 50.9 Å². The Balaban J connectivity index is 1.70. The molecule has 124 valence electrons. The van der Waals surface area contributed by atoms with E-state index in [0.29, 0.717) is 11.1 Å². The predicted molar refractivity (Wildman–Crippen MR) is 95.2 cm³/mol. The average molecular weight is 342 g/mol. The highest BCUT2D eigenvalue weighted by atomic mass is 35.5. The molecule has 0 aliphatic heterocycles. The summed E-state index contributed by atoms with van der Waals surface area (Å²) in [4.78, 5) is 0. The van der Waals surface area contributed by atoms with Crippen LogP contribution in [0.5, 0.6) is 0 Å². The molecule has 2 aromatic carbocycles. The lowest BCUT2D eigenvalue weighted by atomic mass is 9.95. The minimum atomic E-state index is -0.679. The van der Waals surface area contributed by atoms with Crippen LogP contribution in [0.15, 0.2) is 42.5 Å². The molecule has 0 spiro atoms. The molecule has 5 heteroatoms. The maximum Gasteiger partial charge on any atom is 0.113 e. The number of hydrogen-bond acceptors (Lipinski definition) is 3. The largest absolute Gasteiger partial charge is 0.384 e. The first kappa shape index (κ1) is 15.6. The Morgan fingerprint density at radius 2 is 1.71 bits per heavy atom. The van der Waals surface area contributed by atoms with Gasteiger partial charge in [0.1, 0.15) is 11.6 Å². The summed E-state index contributed by atoms with van der Waals surface area (Å²) in [6.07, 6.45) is 5.44. The summed E-state index contributed by atoms with van der Waals surface area (Å²) in [6.45, 7) is 0. The van der Waals surface area contributed by atoms with Crippen LogP contribution >= 0.6 is 11.6 Å². The van der Waals surface area contributed by atoms with Crippen LogP contribution in [0.1, 0.15) is 55.4 Å². The van der Waals surface area contributed by atoms with Gasteiger partial charge < -0.3 is 5.11 Å². The van der Waals surface area contributed by atoms with E-state index in [-0.39, 0.29) is 0 Å². The third-order valence-corrected chi connectivity index (χ3v) is 5.17. The van der Waals surface area contributed by atoms with Crippen LogP contribution < -0.4 is 0 Å². The van der Waals surface area contributed by atoms with Gasteiger partial charge in [-0.1, -0.05) is 54.3 Å². The SMILES string of the molecule is OC(c1ccc(Cl)cc1)c1ccc2nnn(C3CCCCC3)c2c1. The van der Waals surface area contributed by atoms with Crippen molar-refractivity contribution in [2.45, 2.75) is 44.2 Å². The fraction of sp³-hybridized carbons (Fsp3) is 0.368. The molecule has 1 saturated carbocycles. The Hall–Kier alpha value is -1.91. The van der Waals surface area contributed by atoms with Gasteiger partial charge in [-0.05, 0) is 48.2 Å². The Kier molecular flexibility index (Phi) is 4.25. The highest BCUT2D eigenvalue weighted by molar-refractivity contribution is 6.30. The zero-order valence-corrected chi connectivity index (χ0v) is 14.2. The van der Waals surface area contributed by atoms with Crippen molar-refractivity contribution in [1.29, 1.82) is 0 Å². The van der Waals surface area contributed by atoms with Gasteiger partial charge in [-0.15, -0.1) is 5.10 Å². The number of nitrogens with zero attached hydrogens (tertiary/aromatic N) is 3. The maximum absolute atomic E-state index is 10.7. The van der Waals surface area contributed by atoms with Crippen molar-refractivity contribution in [3.63, 3.8) is 0 Å². The molecule has 1 N–H and O–H groups in total. The Labute approximate surface area is 146 Å². The molecular formula is C19H20ClN3O. The monoisotopic (exact) mass is 341 g/mol. The molecule has 1 aromatic heterocycles. The molecule has 0 saturated heterocycles. The Bertz CT molecular complexity index is 837. The van der Waals surface area contributed by atoms with Gasteiger partial charge in [0.15, 0.2) is 0 Å². The molecule has 1 heterocycles. The summed E-state index contributed by atoms with van der Waals surface area (Å²) in [5.74, 6) is 0. The summed E-state index contributed by atoms with van der Waals surface area (Å²) in [7, 11) is 0. The molecule has 1 fully saturated rings. The predicted octanol–water partition coefficient (Wildman–Crippen LogP) is 4.67. The van der Waals surface area contributed by atoms with Crippen molar-refractivity contribution in [3.05, 3.63) is 58.6 Å². The number of benzene rings is 2. The van der Waals surface area contributed by atoms with E-state index < -0.39 is 6.10 Å². The van der Waals surface area contributed by atoms with Gasteiger partial charge in [-0.3, -0.25) is 0 Å². The molecule has 1 aliphatic carbocycles. The molecular weight excluding hydrogens is 322 g/mol. The Morgan fingerprint density at radius 3 is 2.46 bits per heavy atom. The number of aliphatic hydroxyl groups excluding tert-OH is 1. The molecule has 0 radical (unpaired) electrons. The third kappa shape index (κ3) is 2.92. The van der Waals surface area contributed by atoms with Crippen molar-refractivity contribution in [3.8, 4) is 0 Å². The minimum absolute atomic E-state index is 0.423. The molecule has 1 atom stereocenters. The van der Waals surface area contributed by atoms with Crippen LogP contribution in [0.4, 0.5) is 0 Å². The highest BCUT2D eigenvalue weighted by Crippen LogP contribution is 2.31. The number of fused-ring (bicyclic) bond motifs is 1. The first-order valence-electron chi connectivity index (χ1n) is 8.51. The lowest BCUT2D eigenvalue weighted by Gasteiger charge is -2.22. The molecule has 24 heavy (non-hydrogen) atoms. The van der Waals surface area contributed by atoms with Crippen LogP contribution in [0.2, 0.25) is 5.02 Å². The molecule has 4 rings (SSSR count). The van der Waals surface area contributed by atoms with E-state index in [1.165, 1.54) is 19.3 Å². The Morgan fingerprint density at radius 1 is 1.00 bits per heavy atom. The first-order chi connectivity index (χ1) is 11.7. The van der Waals surface area contributed by atoms with E-state index in [2.05, 4.69) is 10.3 Å². The highest BCUT2D eigenvalue weighted by Gasteiger charge is 2.20. The van der Waals surface area contributed by atoms with Gasteiger partial charge in [0.2, 0.25) is 0 Å². The van der Waals surface area contributed by atoms with Gasteiger partial charge in [-0.2, -0.15) is 0 Å². The standard InChI is InChI=1S/C19H20ClN3O/c20-15-9-6-13(7-10-15)19(24)14-8-11-17-18(12-14)23(22-21-17)16-4-2-1-3-5-16/h6-12,16,19,24H,1-5H2. The molecule has 0 amide bonds. The van der Waals surface area contributed by atoms with E-state index in [9.17, 15) is 5.11 Å². The number of rotatable bonds is 3. The fourth-order valence-electron chi connectivity index (χ4n) is 3.56. The smallest absolute Gasteiger partial charge is 0.113 e. The number of halogens is 1. The van der Waals surface area contributed by atoms with Crippen LogP contribution in [0.3, 0.4) is 0 Å². The minimum Gasteiger partial charge on any atom is -0.384 e. The normalized spacial score (nSPS) is 17.2. The lowest BCUT2D eigenvalue weighted by Crippen LogP contribution is -2.14. The van der Waals surface area contributed by atoms with E-state index in [1.807, 2.05) is 35.0 Å². The quantitative estimate of drug-likeness (QED) is 0.753. The van der Waals surface area contributed by atoms with Crippen LogP contribution in [-0.2, 0) is 0 Å². The molecule has 1 unspecified atom stereocenters. The second kappa shape index (κ2) is 6.54. The fourth-order valence-corrected chi connectivity index (χ4v) is 3.68. The maximum atomic E-state index is 10.7.